The first-order valence-electron chi connectivity index (χ1n) is 4.50. The largest absolute Gasteiger partial charge is 0.356 e. The molecule has 74 valence electrons. The summed E-state index contributed by atoms with van der Waals surface area (Å²) in [5.74, 6) is 1.64. The molecule has 1 aliphatic carbocycles. The molecule has 0 bridgehead atoms. The Labute approximate surface area is 84.3 Å². The van der Waals surface area contributed by atoms with Crippen molar-refractivity contribution in [2.75, 3.05) is 20.1 Å². The molecule has 0 spiro atoms. The highest BCUT2D eigenvalue weighted by Crippen LogP contribution is 2.27. The summed E-state index contributed by atoms with van der Waals surface area (Å²) >= 11 is 5.61. The van der Waals surface area contributed by atoms with Crippen LogP contribution in [-0.4, -0.2) is 26.1 Å². The summed E-state index contributed by atoms with van der Waals surface area (Å²) < 4.78 is 0. The molecule has 0 aromatic heterocycles. The quantitative estimate of drug-likeness (QED) is 0.532. The second kappa shape index (κ2) is 5.12. The van der Waals surface area contributed by atoms with Crippen LogP contribution >= 0.6 is 11.6 Å². The van der Waals surface area contributed by atoms with E-state index in [1.807, 2.05) is 0 Å². The van der Waals surface area contributed by atoms with E-state index < -0.39 is 0 Å². The molecule has 1 saturated carbocycles. The molecule has 2 N–H and O–H groups in total. The minimum Gasteiger partial charge on any atom is -0.356 e. The lowest BCUT2D eigenvalue weighted by molar-refractivity contribution is 0.748. The summed E-state index contributed by atoms with van der Waals surface area (Å²) in [6.45, 7) is 5.16. The minimum absolute atomic E-state index is 0.561. The van der Waals surface area contributed by atoms with E-state index in [0.717, 1.165) is 18.4 Å². The van der Waals surface area contributed by atoms with Crippen LogP contribution in [0.2, 0.25) is 0 Å². The van der Waals surface area contributed by atoms with Crippen molar-refractivity contribution >= 4 is 17.6 Å². The average Bonchev–Trinajstić information content (AvgIpc) is 2.88. The van der Waals surface area contributed by atoms with Gasteiger partial charge in [-0.3, -0.25) is 4.99 Å². The van der Waals surface area contributed by atoms with Crippen molar-refractivity contribution in [3.63, 3.8) is 0 Å². The minimum atomic E-state index is 0.561. The van der Waals surface area contributed by atoms with Gasteiger partial charge in [-0.2, -0.15) is 0 Å². The molecule has 1 fully saturated rings. The molecule has 1 rings (SSSR count). The highest BCUT2D eigenvalue weighted by molar-refractivity contribution is 6.29. The maximum atomic E-state index is 5.61. The Morgan fingerprint density at radius 1 is 1.54 bits per heavy atom. The lowest BCUT2D eigenvalue weighted by atomic mass is 10.4. The van der Waals surface area contributed by atoms with Gasteiger partial charge in [-0.15, -0.1) is 0 Å². The molecule has 0 amide bonds. The summed E-state index contributed by atoms with van der Waals surface area (Å²) in [5.41, 5.74) is 0. The van der Waals surface area contributed by atoms with Crippen LogP contribution in [-0.2, 0) is 0 Å². The maximum absolute atomic E-state index is 5.61. The fraction of sp³-hybridized carbons (Fsp3) is 0.667. The fourth-order valence-electron chi connectivity index (χ4n) is 0.963. The predicted octanol–water partition coefficient (Wildman–Crippen LogP) is 1.31. The van der Waals surface area contributed by atoms with E-state index in [1.54, 1.807) is 7.05 Å². The van der Waals surface area contributed by atoms with E-state index >= 15 is 0 Å². The maximum Gasteiger partial charge on any atom is 0.191 e. The molecule has 0 heterocycles. The molecular weight excluding hydrogens is 186 g/mol. The van der Waals surface area contributed by atoms with E-state index in [4.69, 9.17) is 11.6 Å². The van der Waals surface area contributed by atoms with Crippen molar-refractivity contribution in [2.45, 2.75) is 12.8 Å². The third kappa shape index (κ3) is 4.78. The van der Waals surface area contributed by atoms with Crippen LogP contribution in [0.15, 0.2) is 16.6 Å². The third-order valence-electron chi connectivity index (χ3n) is 1.93. The third-order valence-corrected chi connectivity index (χ3v) is 2.06. The van der Waals surface area contributed by atoms with E-state index in [1.165, 1.54) is 12.8 Å². The van der Waals surface area contributed by atoms with Gasteiger partial charge in [-0.1, -0.05) is 18.2 Å². The summed E-state index contributed by atoms with van der Waals surface area (Å²) in [6.07, 6.45) is 2.68. The van der Waals surface area contributed by atoms with Crippen LogP contribution < -0.4 is 10.6 Å². The van der Waals surface area contributed by atoms with E-state index in [2.05, 4.69) is 22.2 Å². The van der Waals surface area contributed by atoms with Crippen molar-refractivity contribution in [1.82, 2.24) is 10.6 Å². The topological polar surface area (TPSA) is 36.4 Å². The second-order valence-corrected chi connectivity index (χ2v) is 3.80. The Kier molecular flexibility index (Phi) is 4.09. The van der Waals surface area contributed by atoms with Crippen LogP contribution in [0.3, 0.4) is 0 Å². The number of guanidine groups is 1. The zero-order valence-electron chi connectivity index (χ0n) is 7.94. The SMILES string of the molecule is C=C(Cl)CNC(=NC)NCC1CC1. The van der Waals surface area contributed by atoms with Crippen LogP contribution in [0.5, 0.6) is 0 Å². The Hall–Kier alpha value is -0.700. The Balaban J connectivity index is 2.13. The van der Waals surface area contributed by atoms with E-state index in [0.29, 0.717) is 11.6 Å². The highest BCUT2D eigenvalue weighted by atomic mass is 35.5. The zero-order valence-corrected chi connectivity index (χ0v) is 8.69. The Morgan fingerprint density at radius 2 is 2.23 bits per heavy atom. The number of halogens is 1. The first-order valence-corrected chi connectivity index (χ1v) is 4.88. The lowest BCUT2D eigenvalue weighted by Crippen LogP contribution is -2.38. The van der Waals surface area contributed by atoms with Crippen LogP contribution in [0, 0.1) is 5.92 Å². The van der Waals surface area contributed by atoms with Gasteiger partial charge in [-0.25, -0.2) is 0 Å². The molecule has 0 unspecified atom stereocenters. The molecule has 0 saturated heterocycles. The smallest absolute Gasteiger partial charge is 0.191 e. The fourth-order valence-corrected chi connectivity index (χ4v) is 1.03. The van der Waals surface area contributed by atoms with Crippen molar-refractivity contribution < 1.29 is 0 Å². The average molecular weight is 202 g/mol. The van der Waals surface area contributed by atoms with Crippen molar-refractivity contribution in [3.05, 3.63) is 11.6 Å². The van der Waals surface area contributed by atoms with Gasteiger partial charge in [0, 0.05) is 18.6 Å². The van der Waals surface area contributed by atoms with Gasteiger partial charge in [0.25, 0.3) is 0 Å². The van der Waals surface area contributed by atoms with Crippen LogP contribution in [0.4, 0.5) is 0 Å². The van der Waals surface area contributed by atoms with Gasteiger partial charge in [0.05, 0.1) is 6.54 Å². The molecule has 0 atom stereocenters. The molecular formula is C9H16ClN3. The van der Waals surface area contributed by atoms with Gasteiger partial charge in [0.2, 0.25) is 0 Å². The molecule has 0 aromatic rings. The van der Waals surface area contributed by atoms with Gasteiger partial charge in [-0.05, 0) is 18.8 Å². The lowest BCUT2D eigenvalue weighted by Gasteiger charge is -2.10. The number of hydrogen-bond donors (Lipinski definition) is 2. The number of nitrogens with zero attached hydrogens (tertiary/aromatic N) is 1. The molecule has 4 heteroatoms. The van der Waals surface area contributed by atoms with Gasteiger partial charge >= 0.3 is 0 Å². The zero-order chi connectivity index (χ0) is 9.68. The molecule has 0 radical (unpaired) electrons. The molecule has 1 aliphatic rings. The van der Waals surface area contributed by atoms with E-state index in [-0.39, 0.29) is 0 Å². The molecule has 13 heavy (non-hydrogen) atoms. The van der Waals surface area contributed by atoms with Gasteiger partial charge < -0.3 is 10.6 Å². The number of aliphatic imine (C=N–C) groups is 1. The molecule has 0 aromatic carbocycles. The molecule has 0 aliphatic heterocycles. The highest BCUT2D eigenvalue weighted by Gasteiger charge is 2.20. The summed E-state index contributed by atoms with van der Waals surface area (Å²) in [4.78, 5) is 4.05. The summed E-state index contributed by atoms with van der Waals surface area (Å²) in [7, 11) is 1.75. The number of hydrogen-bond acceptors (Lipinski definition) is 1. The standard InChI is InChI=1S/C9H16ClN3/c1-7(10)5-12-9(11-2)13-6-8-3-4-8/h8H,1,3-6H2,2H3,(H2,11,12,13). The Morgan fingerprint density at radius 3 is 2.69 bits per heavy atom. The molecule has 3 nitrogen and oxygen atoms in total. The van der Waals surface area contributed by atoms with Gasteiger partial charge in [0.15, 0.2) is 5.96 Å². The first kappa shape index (κ1) is 10.4. The Bertz CT molecular complexity index is 209. The predicted molar refractivity (Wildman–Crippen MR) is 57.1 cm³/mol. The summed E-state index contributed by atoms with van der Waals surface area (Å²) in [6, 6.07) is 0. The van der Waals surface area contributed by atoms with Crippen molar-refractivity contribution in [3.8, 4) is 0 Å². The van der Waals surface area contributed by atoms with E-state index in [9.17, 15) is 0 Å². The number of nitrogens with one attached hydrogen (secondary N) is 2. The monoisotopic (exact) mass is 201 g/mol. The summed E-state index contributed by atoms with van der Waals surface area (Å²) in [5, 5.41) is 6.88. The first-order chi connectivity index (χ1) is 6.22. The van der Waals surface area contributed by atoms with Crippen LogP contribution in [0.25, 0.3) is 0 Å². The van der Waals surface area contributed by atoms with Crippen molar-refractivity contribution in [2.24, 2.45) is 10.9 Å². The van der Waals surface area contributed by atoms with Crippen LogP contribution in [0.1, 0.15) is 12.8 Å². The second-order valence-electron chi connectivity index (χ2n) is 3.27. The van der Waals surface area contributed by atoms with Crippen molar-refractivity contribution in [1.29, 1.82) is 0 Å². The normalized spacial score (nSPS) is 16.9. The number of rotatable bonds is 4. The van der Waals surface area contributed by atoms with Gasteiger partial charge in [0.1, 0.15) is 0 Å².